The van der Waals surface area contributed by atoms with Crippen LogP contribution in [0.15, 0.2) is 36.5 Å². The van der Waals surface area contributed by atoms with Crippen LogP contribution < -0.4 is 5.32 Å². The molecule has 4 heteroatoms. The SMILES string of the molecule is Cc1ccc(CNc2cc(F)ccc2Cl)nc1. The molecule has 0 amide bonds. The number of benzene rings is 1. The molecule has 0 atom stereocenters. The van der Waals surface area contributed by atoms with Crippen LogP contribution in [0.1, 0.15) is 11.3 Å². The Morgan fingerprint density at radius 3 is 2.82 bits per heavy atom. The molecule has 1 aromatic carbocycles. The summed E-state index contributed by atoms with van der Waals surface area (Å²) in [5.74, 6) is -0.311. The number of nitrogens with one attached hydrogen (secondary N) is 1. The molecular weight excluding hydrogens is 239 g/mol. The van der Waals surface area contributed by atoms with E-state index in [0.717, 1.165) is 11.3 Å². The fraction of sp³-hybridized carbons (Fsp3) is 0.154. The van der Waals surface area contributed by atoms with Crippen LogP contribution >= 0.6 is 11.6 Å². The Morgan fingerprint density at radius 2 is 2.12 bits per heavy atom. The topological polar surface area (TPSA) is 24.9 Å². The highest BCUT2D eigenvalue weighted by molar-refractivity contribution is 6.33. The summed E-state index contributed by atoms with van der Waals surface area (Å²) in [6.45, 7) is 2.50. The lowest BCUT2D eigenvalue weighted by Crippen LogP contribution is -2.02. The molecule has 0 unspecified atom stereocenters. The van der Waals surface area contributed by atoms with Crippen molar-refractivity contribution in [1.29, 1.82) is 0 Å². The number of hydrogen-bond donors (Lipinski definition) is 1. The van der Waals surface area contributed by atoms with Crippen LogP contribution in [-0.4, -0.2) is 4.98 Å². The van der Waals surface area contributed by atoms with Gasteiger partial charge in [-0.15, -0.1) is 0 Å². The van der Waals surface area contributed by atoms with Crippen LogP contribution in [0.4, 0.5) is 10.1 Å². The second-order valence-corrected chi connectivity index (χ2v) is 4.21. The molecule has 1 N–H and O–H groups in total. The van der Waals surface area contributed by atoms with Crippen LogP contribution in [0, 0.1) is 12.7 Å². The van der Waals surface area contributed by atoms with Gasteiger partial charge < -0.3 is 5.32 Å². The van der Waals surface area contributed by atoms with E-state index >= 15 is 0 Å². The van der Waals surface area contributed by atoms with Gasteiger partial charge in [0, 0.05) is 6.20 Å². The molecule has 0 aliphatic heterocycles. The quantitative estimate of drug-likeness (QED) is 0.896. The predicted octanol–water partition coefficient (Wildman–Crippen LogP) is 3.79. The summed E-state index contributed by atoms with van der Waals surface area (Å²) in [6, 6.07) is 8.14. The van der Waals surface area contributed by atoms with E-state index in [2.05, 4.69) is 10.3 Å². The van der Waals surface area contributed by atoms with Crippen LogP contribution in [0.2, 0.25) is 5.02 Å². The summed E-state index contributed by atoms with van der Waals surface area (Å²) in [6.07, 6.45) is 1.80. The van der Waals surface area contributed by atoms with Crippen molar-refractivity contribution in [3.63, 3.8) is 0 Å². The number of rotatable bonds is 3. The van der Waals surface area contributed by atoms with Crippen molar-refractivity contribution in [3.05, 3.63) is 58.6 Å². The van der Waals surface area contributed by atoms with Crippen molar-refractivity contribution in [2.45, 2.75) is 13.5 Å². The van der Waals surface area contributed by atoms with Crippen molar-refractivity contribution in [1.82, 2.24) is 4.98 Å². The number of nitrogens with zero attached hydrogens (tertiary/aromatic N) is 1. The first-order chi connectivity index (χ1) is 8.15. The zero-order valence-electron chi connectivity index (χ0n) is 9.37. The molecule has 0 bridgehead atoms. The Kier molecular flexibility index (Phi) is 3.59. The molecule has 2 aromatic rings. The maximum absolute atomic E-state index is 13.0. The average molecular weight is 251 g/mol. The van der Waals surface area contributed by atoms with Crippen LogP contribution in [0.25, 0.3) is 0 Å². The second kappa shape index (κ2) is 5.15. The molecule has 17 heavy (non-hydrogen) atoms. The third-order valence-corrected chi connectivity index (χ3v) is 2.69. The Morgan fingerprint density at radius 1 is 1.29 bits per heavy atom. The van der Waals surface area contributed by atoms with Crippen molar-refractivity contribution in [3.8, 4) is 0 Å². The minimum atomic E-state index is -0.311. The smallest absolute Gasteiger partial charge is 0.125 e. The van der Waals surface area contributed by atoms with Gasteiger partial charge in [0.1, 0.15) is 5.82 Å². The lowest BCUT2D eigenvalue weighted by Gasteiger charge is -2.08. The number of hydrogen-bond acceptors (Lipinski definition) is 2. The summed E-state index contributed by atoms with van der Waals surface area (Å²) >= 11 is 5.94. The third kappa shape index (κ3) is 3.17. The zero-order chi connectivity index (χ0) is 12.3. The van der Waals surface area contributed by atoms with Gasteiger partial charge in [0.05, 0.1) is 22.9 Å². The zero-order valence-corrected chi connectivity index (χ0v) is 10.1. The summed E-state index contributed by atoms with van der Waals surface area (Å²) in [7, 11) is 0. The monoisotopic (exact) mass is 250 g/mol. The molecule has 0 spiro atoms. The molecule has 0 saturated carbocycles. The van der Waals surface area contributed by atoms with Crippen molar-refractivity contribution in [2.24, 2.45) is 0 Å². The van der Waals surface area contributed by atoms with Crippen LogP contribution in [0.3, 0.4) is 0 Å². The molecular formula is C13H12ClFN2. The summed E-state index contributed by atoms with van der Waals surface area (Å²) in [5.41, 5.74) is 2.57. The molecule has 0 saturated heterocycles. The first kappa shape index (κ1) is 11.9. The number of aryl methyl sites for hydroxylation is 1. The van der Waals surface area contributed by atoms with E-state index in [1.807, 2.05) is 19.1 Å². The second-order valence-electron chi connectivity index (χ2n) is 3.80. The van der Waals surface area contributed by atoms with Crippen molar-refractivity contribution < 1.29 is 4.39 Å². The first-order valence-corrected chi connectivity index (χ1v) is 5.63. The van der Waals surface area contributed by atoms with Crippen molar-refractivity contribution in [2.75, 3.05) is 5.32 Å². The highest BCUT2D eigenvalue weighted by atomic mass is 35.5. The molecule has 1 heterocycles. The van der Waals surface area contributed by atoms with Gasteiger partial charge >= 0.3 is 0 Å². The molecule has 1 aromatic heterocycles. The van der Waals surface area contributed by atoms with Gasteiger partial charge in [0.15, 0.2) is 0 Å². The largest absolute Gasteiger partial charge is 0.378 e. The fourth-order valence-corrected chi connectivity index (χ4v) is 1.61. The van der Waals surface area contributed by atoms with Gasteiger partial charge in [-0.2, -0.15) is 0 Å². The molecule has 2 rings (SSSR count). The highest BCUT2D eigenvalue weighted by Gasteiger charge is 2.02. The van der Waals surface area contributed by atoms with Gasteiger partial charge in [0.25, 0.3) is 0 Å². The average Bonchev–Trinajstić information content (AvgIpc) is 2.32. The van der Waals surface area contributed by atoms with Crippen LogP contribution in [-0.2, 0) is 6.54 Å². The van der Waals surface area contributed by atoms with E-state index < -0.39 is 0 Å². The number of anilines is 1. The van der Waals surface area contributed by atoms with E-state index in [0.29, 0.717) is 17.3 Å². The lowest BCUT2D eigenvalue weighted by atomic mass is 10.2. The third-order valence-electron chi connectivity index (χ3n) is 2.36. The molecule has 0 aliphatic carbocycles. The van der Waals surface area contributed by atoms with E-state index in [1.54, 1.807) is 6.20 Å². The number of halogens is 2. The minimum Gasteiger partial charge on any atom is -0.378 e. The van der Waals surface area contributed by atoms with Gasteiger partial charge in [-0.3, -0.25) is 4.98 Å². The van der Waals surface area contributed by atoms with E-state index in [-0.39, 0.29) is 5.82 Å². The number of aromatic nitrogens is 1. The van der Waals surface area contributed by atoms with Gasteiger partial charge in [0.2, 0.25) is 0 Å². The van der Waals surface area contributed by atoms with E-state index in [4.69, 9.17) is 11.6 Å². The molecule has 2 nitrogen and oxygen atoms in total. The van der Waals surface area contributed by atoms with Crippen molar-refractivity contribution >= 4 is 17.3 Å². The van der Waals surface area contributed by atoms with Crippen LogP contribution in [0.5, 0.6) is 0 Å². The Labute approximate surface area is 104 Å². The number of pyridine rings is 1. The Balaban J connectivity index is 2.07. The maximum atomic E-state index is 13.0. The Hall–Kier alpha value is -1.61. The Bertz CT molecular complexity index is 511. The van der Waals surface area contributed by atoms with Gasteiger partial charge in [-0.05, 0) is 36.8 Å². The highest BCUT2D eigenvalue weighted by Crippen LogP contribution is 2.22. The van der Waals surface area contributed by atoms with E-state index in [9.17, 15) is 4.39 Å². The van der Waals surface area contributed by atoms with Gasteiger partial charge in [-0.25, -0.2) is 4.39 Å². The van der Waals surface area contributed by atoms with Gasteiger partial charge in [-0.1, -0.05) is 17.7 Å². The predicted molar refractivity (Wildman–Crippen MR) is 67.7 cm³/mol. The standard InChI is InChI=1S/C13H12ClFN2/c1-9-2-4-11(16-7-9)8-17-13-6-10(15)3-5-12(13)14/h2-7,17H,8H2,1H3. The fourth-order valence-electron chi connectivity index (χ4n) is 1.42. The summed E-state index contributed by atoms with van der Waals surface area (Å²) in [4.78, 5) is 4.25. The maximum Gasteiger partial charge on any atom is 0.125 e. The molecule has 0 aliphatic rings. The molecule has 0 radical (unpaired) electrons. The summed E-state index contributed by atoms with van der Waals surface area (Å²) < 4.78 is 13.0. The first-order valence-electron chi connectivity index (χ1n) is 5.25. The lowest BCUT2D eigenvalue weighted by molar-refractivity contribution is 0.628. The molecule has 0 fully saturated rings. The minimum absolute atomic E-state index is 0.311. The summed E-state index contributed by atoms with van der Waals surface area (Å²) in [5, 5.41) is 3.55. The normalized spacial score (nSPS) is 10.3. The van der Waals surface area contributed by atoms with E-state index in [1.165, 1.54) is 18.2 Å². The molecule has 88 valence electrons.